The van der Waals surface area contributed by atoms with Crippen molar-refractivity contribution in [1.29, 1.82) is 0 Å². The monoisotopic (exact) mass is 465 g/mol. The van der Waals surface area contributed by atoms with E-state index in [4.69, 9.17) is 0 Å². The number of hydrogen-bond donors (Lipinski definition) is 1. The standard InChI is InChI=1S/C21H22F3N5O2S/c1-27-16-13(19(30)28(2)20(27)31)15(11-6-4-3-5-7-11)29-9-8-25-14(17(16)29)18-26-12(10-32-18)21(22,23)24/h3-7,10,13-17,25H,8-9H2,1-2H3. The van der Waals surface area contributed by atoms with E-state index in [1.165, 1.54) is 7.05 Å². The number of aromatic nitrogens is 1. The minimum absolute atomic E-state index is 0.268. The zero-order valence-corrected chi connectivity index (χ0v) is 18.2. The van der Waals surface area contributed by atoms with E-state index in [9.17, 15) is 22.8 Å². The lowest BCUT2D eigenvalue weighted by Crippen LogP contribution is -2.63. The van der Waals surface area contributed by atoms with E-state index < -0.39 is 41.9 Å². The number of nitrogens with one attached hydrogen (secondary N) is 1. The number of urea groups is 1. The molecule has 3 saturated heterocycles. The maximum absolute atomic E-state index is 13.3. The van der Waals surface area contributed by atoms with Crippen molar-refractivity contribution in [1.82, 2.24) is 25.0 Å². The topological polar surface area (TPSA) is 68.8 Å². The molecule has 4 heterocycles. The van der Waals surface area contributed by atoms with E-state index in [2.05, 4.69) is 15.2 Å². The fourth-order valence-corrected chi connectivity index (χ4v) is 6.35. The number of rotatable bonds is 2. The molecule has 5 unspecified atom stereocenters. The highest BCUT2D eigenvalue weighted by molar-refractivity contribution is 7.09. The molecule has 1 aromatic carbocycles. The van der Waals surface area contributed by atoms with Crippen molar-refractivity contribution in [2.24, 2.45) is 5.92 Å². The van der Waals surface area contributed by atoms with Crippen molar-refractivity contribution in [3.05, 3.63) is 52.0 Å². The highest BCUT2D eigenvalue weighted by atomic mass is 32.1. The minimum atomic E-state index is -4.52. The fraction of sp³-hybridized carbons (Fsp3) is 0.476. The number of fused-ring (bicyclic) bond motifs is 3. The molecule has 5 rings (SSSR count). The molecule has 1 aromatic heterocycles. The third-order valence-electron chi connectivity index (χ3n) is 6.75. The summed E-state index contributed by atoms with van der Waals surface area (Å²) >= 11 is 0.953. The Morgan fingerprint density at radius 3 is 2.50 bits per heavy atom. The third-order valence-corrected chi connectivity index (χ3v) is 7.67. The summed E-state index contributed by atoms with van der Waals surface area (Å²) in [6, 6.07) is 7.49. The van der Waals surface area contributed by atoms with Gasteiger partial charge in [-0.3, -0.25) is 14.6 Å². The van der Waals surface area contributed by atoms with Gasteiger partial charge in [-0.15, -0.1) is 11.3 Å². The number of alkyl halides is 3. The molecule has 0 radical (unpaired) electrons. The quantitative estimate of drug-likeness (QED) is 0.739. The molecule has 1 N–H and O–H groups in total. The number of nitrogens with zero attached hydrogens (tertiary/aromatic N) is 4. The smallest absolute Gasteiger partial charge is 0.322 e. The van der Waals surface area contributed by atoms with E-state index >= 15 is 0 Å². The first-order chi connectivity index (χ1) is 15.2. The summed E-state index contributed by atoms with van der Waals surface area (Å²) in [5.74, 6) is -0.797. The van der Waals surface area contributed by atoms with Crippen LogP contribution in [0.5, 0.6) is 0 Å². The number of likely N-dealkylation sites (N-methyl/N-ethyl adjacent to an activating group) is 1. The fourth-order valence-electron chi connectivity index (χ4n) is 5.41. The highest BCUT2D eigenvalue weighted by Gasteiger charge is 2.61. The molecule has 3 amide bonds. The third kappa shape index (κ3) is 3.13. The van der Waals surface area contributed by atoms with E-state index in [1.807, 2.05) is 30.3 Å². The van der Waals surface area contributed by atoms with Crippen LogP contribution in [0.15, 0.2) is 35.7 Å². The second-order valence-electron chi connectivity index (χ2n) is 8.39. The van der Waals surface area contributed by atoms with Gasteiger partial charge in [0.2, 0.25) is 5.91 Å². The second-order valence-corrected chi connectivity index (χ2v) is 9.28. The van der Waals surface area contributed by atoms with Crippen LogP contribution in [-0.2, 0) is 11.0 Å². The number of thiazole rings is 1. The summed E-state index contributed by atoms with van der Waals surface area (Å²) < 4.78 is 39.6. The average Bonchev–Trinajstić information content (AvgIpc) is 3.40. The summed E-state index contributed by atoms with van der Waals surface area (Å²) in [5.41, 5.74) is 0.0275. The molecule has 5 atom stereocenters. The first-order valence-corrected chi connectivity index (χ1v) is 11.2. The SMILES string of the molecule is CN1C(=O)C2C(C3C(c4nc(C(F)(F)F)cs4)NCCN3C2c2ccccc2)N(C)C1=O. The number of carbonyl (C=O) groups is 2. The van der Waals surface area contributed by atoms with Gasteiger partial charge in [0.15, 0.2) is 5.69 Å². The molecule has 2 aromatic rings. The Hall–Kier alpha value is -2.50. The normalized spacial score (nSPS) is 31.1. The zero-order chi connectivity index (χ0) is 22.8. The van der Waals surface area contributed by atoms with Gasteiger partial charge in [-0.2, -0.15) is 13.2 Å². The van der Waals surface area contributed by atoms with Gasteiger partial charge in [0.1, 0.15) is 5.01 Å². The lowest BCUT2D eigenvalue weighted by atomic mass is 9.85. The van der Waals surface area contributed by atoms with Crippen molar-refractivity contribution in [3.8, 4) is 0 Å². The van der Waals surface area contributed by atoms with Crippen LogP contribution >= 0.6 is 11.3 Å². The largest absolute Gasteiger partial charge is 0.434 e. The molecule has 3 fully saturated rings. The van der Waals surface area contributed by atoms with Gasteiger partial charge in [0, 0.05) is 38.6 Å². The molecule has 7 nitrogen and oxygen atoms in total. The van der Waals surface area contributed by atoms with Crippen LogP contribution in [0.4, 0.5) is 18.0 Å². The molecule has 0 spiro atoms. The molecule has 170 valence electrons. The first kappa shape index (κ1) is 21.4. The van der Waals surface area contributed by atoms with Crippen LogP contribution in [-0.4, -0.2) is 70.9 Å². The number of hydrogen-bond acceptors (Lipinski definition) is 6. The van der Waals surface area contributed by atoms with E-state index in [0.717, 1.165) is 27.2 Å². The number of imide groups is 1. The number of piperazine rings is 1. The van der Waals surface area contributed by atoms with Crippen LogP contribution in [0.2, 0.25) is 0 Å². The Labute approximate surface area is 186 Å². The molecule has 11 heteroatoms. The Morgan fingerprint density at radius 1 is 1.12 bits per heavy atom. The predicted octanol–water partition coefficient (Wildman–Crippen LogP) is 2.74. The van der Waals surface area contributed by atoms with Gasteiger partial charge in [-0.1, -0.05) is 30.3 Å². The summed E-state index contributed by atoms with van der Waals surface area (Å²) in [6.07, 6.45) is -4.52. The van der Waals surface area contributed by atoms with Crippen LogP contribution in [0, 0.1) is 5.92 Å². The second kappa shape index (κ2) is 7.53. The Morgan fingerprint density at radius 2 is 1.84 bits per heavy atom. The van der Waals surface area contributed by atoms with Crippen molar-refractivity contribution >= 4 is 23.3 Å². The van der Waals surface area contributed by atoms with Gasteiger partial charge in [0.25, 0.3) is 0 Å². The molecule has 0 aliphatic carbocycles. The average molecular weight is 466 g/mol. The maximum Gasteiger partial charge on any atom is 0.434 e. The Bertz CT molecular complexity index is 1050. The molecule has 3 aliphatic rings. The zero-order valence-electron chi connectivity index (χ0n) is 17.4. The van der Waals surface area contributed by atoms with Crippen molar-refractivity contribution in [2.45, 2.75) is 30.3 Å². The number of benzene rings is 1. The van der Waals surface area contributed by atoms with E-state index in [1.54, 1.807) is 11.9 Å². The van der Waals surface area contributed by atoms with E-state index in [0.29, 0.717) is 18.1 Å². The molecular formula is C21H22F3N5O2S. The molecule has 32 heavy (non-hydrogen) atoms. The van der Waals surface area contributed by atoms with Crippen molar-refractivity contribution in [2.75, 3.05) is 27.2 Å². The van der Waals surface area contributed by atoms with Crippen molar-refractivity contribution in [3.63, 3.8) is 0 Å². The molecule has 0 bridgehead atoms. The Balaban J connectivity index is 1.62. The number of carbonyl (C=O) groups excluding carboxylic acids is 2. The number of halogens is 3. The first-order valence-electron chi connectivity index (χ1n) is 10.3. The van der Waals surface area contributed by atoms with Gasteiger partial charge >= 0.3 is 12.2 Å². The lowest BCUT2D eigenvalue weighted by molar-refractivity contribution is -0.141. The summed E-state index contributed by atoms with van der Waals surface area (Å²) in [6.45, 7) is 1.14. The summed E-state index contributed by atoms with van der Waals surface area (Å²) in [5, 5.41) is 4.65. The van der Waals surface area contributed by atoms with Crippen LogP contribution in [0.1, 0.15) is 28.3 Å². The van der Waals surface area contributed by atoms with Crippen LogP contribution in [0.25, 0.3) is 0 Å². The van der Waals surface area contributed by atoms with Gasteiger partial charge in [0.05, 0.1) is 24.0 Å². The molecule has 0 saturated carbocycles. The van der Waals surface area contributed by atoms with Crippen molar-refractivity contribution < 1.29 is 22.8 Å². The lowest BCUT2D eigenvalue weighted by Gasteiger charge is -2.44. The Kier molecular flexibility index (Phi) is 5.02. The summed E-state index contributed by atoms with van der Waals surface area (Å²) in [7, 11) is 3.13. The summed E-state index contributed by atoms with van der Waals surface area (Å²) in [4.78, 5) is 34.9. The van der Waals surface area contributed by atoms with Gasteiger partial charge in [-0.25, -0.2) is 9.78 Å². The van der Waals surface area contributed by atoms with Gasteiger partial charge < -0.3 is 10.2 Å². The molecular weight excluding hydrogens is 443 g/mol. The highest BCUT2D eigenvalue weighted by Crippen LogP contribution is 2.50. The van der Waals surface area contributed by atoms with Crippen LogP contribution in [0.3, 0.4) is 0 Å². The maximum atomic E-state index is 13.3. The number of amides is 3. The minimum Gasteiger partial charge on any atom is -0.322 e. The predicted molar refractivity (Wildman–Crippen MR) is 111 cm³/mol. The molecule has 3 aliphatic heterocycles. The van der Waals surface area contributed by atoms with E-state index in [-0.39, 0.29) is 11.9 Å². The van der Waals surface area contributed by atoms with Crippen LogP contribution < -0.4 is 5.32 Å². The van der Waals surface area contributed by atoms with Gasteiger partial charge in [-0.05, 0) is 5.56 Å².